The van der Waals surface area contributed by atoms with E-state index in [4.69, 9.17) is 11.6 Å². The molecule has 1 aromatic heterocycles. The lowest BCUT2D eigenvalue weighted by atomic mass is 9.94. The van der Waals surface area contributed by atoms with Gasteiger partial charge in [-0.3, -0.25) is 9.59 Å². The first-order chi connectivity index (χ1) is 16.2. The maximum Gasteiger partial charge on any atom is 0.333 e. The van der Waals surface area contributed by atoms with Crippen LogP contribution in [0.4, 0.5) is 21.9 Å². The van der Waals surface area contributed by atoms with Crippen molar-refractivity contribution in [1.82, 2.24) is 4.72 Å². The number of fused-ring (bicyclic) bond motifs is 2. The van der Waals surface area contributed by atoms with Crippen LogP contribution in [0.25, 0.3) is 0 Å². The second-order valence-electron chi connectivity index (χ2n) is 7.72. The zero-order chi connectivity index (χ0) is 24.0. The van der Waals surface area contributed by atoms with Crippen molar-refractivity contribution < 1.29 is 22.8 Å². The Balaban J connectivity index is 1.31. The van der Waals surface area contributed by atoms with Crippen molar-refractivity contribution in [3.05, 3.63) is 69.6 Å². The van der Waals surface area contributed by atoms with Gasteiger partial charge in [0.15, 0.2) is 0 Å². The average Bonchev–Trinajstić information content (AvgIpc) is 3.42. The number of halogens is 1. The predicted molar refractivity (Wildman–Crippen MR) is 129 cm³/mol. The van der Waals surface area contributed by atoms with Crippen LogP contribution in [0.1, 0.15) is 21.5 Å². The standard InChI is InChI=1S/C22H17ClN4O5S2/c23-18-5-6-20(33-18)34(31,32)26-22(30)25-14-1-3-15(4-2-14)27-19(28)11-13-10-17-12(7-8-24-17)9-16(13)21(27)29/h1-6,9-10,24H,7-8,11H2,(H2,25,26,30). The molecule has 9 nitrogen and oxygen atoms in total. The van der Waals surface area contributed by atoms with Gasteiger partial charge in [0.1, 0.15) is 4.21 Å². The number of urea groups is 1. The van der Waals surface area contributed by atoms with E-state index in [9.17, 15) is 22.8 Å². The quantitative estimate of drug-likeness (QED) is 0.455. The maximum absolute atomic E-state index is 13.1. The van der Waals surface area contributed by atoms with Crippen molar-refractivity contribution in [3.8, 4) is 0 Å². The Kier molecular flexibility index (Phi) is 5.54. The fourth-order valence-electron chi connectivity index (χ4n) is 3.94. The maximum atomic E-state index is 13.1. The first-order valence-electron chi connectivity index (χ1n) is 10.2. The molecule has 2 aliphatic heterocycles. The highest BCUT2D eigenvalue weighted by Gasteiger charge is 2.33. The van der Waals surface area contributed by atoms with Crippen LogP contribution in [0.15, 0.2) is 52.7 Å². The third-order valence-corrected chi connectivity index (χ3v) is 8.54. The number of sulfonamides is 1. The summed E-state index contributed by atoms with van der Waals surface area (Å²) in [6.45, 7) is 0.800. The van der Waals surface area contributed by atoms with Gasteiger partial charge in [-0.25, -0.2) is 22.8 Å². The van der Waals surface area contributed by atoms with Crippen molar-refractivity contribution in [1.29, 1.82) is 0 Å². The molecule has 0 spiro atoms. The smallest absolute Gasteiger partial charge is 0.333 e. The monoisotopic (exact) mass is 516 g/mol. The number of nitrogens with one attached hydrogen (secondary N) is 3. The van der Waals surface area contributed by atoms with Crippen LogP contribution in [-0.4, -0.2) is 32.8 Å². The fourth-order valence-corrected chi connectivity index (χ4v) is 6.33. The molecule has 0 aliphatic carbocycles. The number of nitrogens with zero attached hydrogens (tertiary/aromatic N) is 1. The molecule has 34 heavy (non-hydrogen) atoms. The summed E-state index contributed by atoms with van der Waals surface area (Å²) in [5.41, 5.74) is 3.84. The van der Waals surface area contributed by atoms with Crippen molar-refractivity contribution >= 4 is 67.9 Å². The number of carbonyl (C=O) groups excluding carboxylic acids is 3. The van der Waals surface area contributed by atoms with Crippen LogP contribution in [-0.2, 0) is 27.7 Å². The summed E-state index contributed by atoms with van der Waals surface area (Å²) < 4.78 is 26.6. The molecule has 0 saturated heterocycles. The van der Waals surface area contributed by atoms with Crippen molar-refractivity contribution in [2.45, 2.75) is 17.1 Å². The molecule has 2 aliphatic rings. The van der Waals surface area contributed by atoms with Gasteiger partial charge in [-0.05, 0) is 66.1 Å². The minimum Gasteiger partial charge on any atom is -0.384 e. The Morgan fingerprint density at radius 2 is 1.82 bits per heavy atom. The van der Waals surface area contributed by atoms with Crippen LogP contribution in [0.3, 0.4) is 0 Å². The van der Waals surface area contributed by atoms with Gasteiger partial charge in [-0.15, -0.1) is 11.3 Å². The molecule has 2 aromatic carbocycles. The number of imide groups is 1. The van der Waals surface area contributed by atoms with Gasteiger partial charge in [-0.1, -0.05) is 11.6 Å². The van der Waals surface area contributed by atoms with Crippen LogP contribution in [0.5, 0.6) is 0 Å². The zero-order valence-electron chi connectivity index (χ0n) is 17.4. The molecule has 12 heteroatoms. The minimum atomic E-state index is -4.06. The highest BCUT2D eigenvalue weighted by Crippen LogP contribution is 2.32. The summed E-state index contributed by atoms with van der Waals surface area (Å²) in [7, 11) is -4.06. The largest absolute Gasteiger partial charge is 0.384 e. The molecule has 0 bridgehead atoms. The van der Waals surface area contributed by atoms with Crippen LogP contribution in [0, 0.1) is 0 Å². The molecule has 3 heterocycles. The van der Waals surface area contributed by atoms with Crippen molar-refractivity contribution in [3.63, 3.8) is 0 Å². The third-order valence-electron chi connectivity index (χ3n) is 5.49. The minimum absolute atomic E-state index is 0.0909. The molecule has 0 radical (unpaired) electrons. The molecular formula is C22H17ClN4O5S2. The van der Waals surface area contributed by atoms with E-state index in [2.05, 4.69) is 10.6 Å². The number of benzene rings is 2. The molecule has 4 amide bonds. The van der Waals surface area contributed by atoms with Gasteiger partial charge in [0, 0.05) is 23.5 Å². The normalized spacial score (nSPS) is 14.9. The second kappa shape index (κ2) is 8.42. The summed E-state index contributed by atoms with van der Waals surface area (Å²) in [5.74, 6) is -0.755. The molecule has 174 valence electrons. The molecule has 5 rings (SSSR count). The van der Waals surface area contributed by atoms with Gasteiger partial charge < -0.3 is 10.6 Å². The summed E-state index contributed by atoms with van der Waals surface area (Å²) in [6.07, 6.45) is 0.921. The van der Waals surface area contributed by atoms with Crippen LogP contribution in [0.2, 0.25) is 4.34 Å². The number of amides is 4. The molecular weight excluding hydrogens is 500 g/mol. The molecule has 0 unspecified atom stereocenters. The van der Waals surface area contributed by atoms with E-state index in [0.717, 1.165) is 40.5 Å². The topological polar surface area (TPSA) is 125 Å². The highest BCUT2D eigenvalue weighted by molar-refractivity contribution is 7.92. The lowest BCUT2D eigenvalue weighted by molar-refractivity contribution is -0.117. The number of carbonyl (C=O) groups is 3. The Bertz CT molecular complexity index is 1450. The van der Waals surface area contributed by atoms with E-state index < -0.39 is 22.0 Å². The van der Waals surface area contributed by atoms with Crippen LogP contribution >= 0.6 is 22.9 Å². The van der Waals surface area contributed by atoms with Crippen LogP contribution < -0.4 is 20.3 Å². The zero-order valence-corrected chi connectivity index (χ0v) is 19.8. The summed E-state index contributed by atoms with van der Waals surface area (Å²) in [6, 6.07) is 11.5. The molecule has 3 aromatic rings. The summed E-state index contributed by atoms with van der Waals surface area (Å²) >= 11 is 6.58. The Hall–Kier alpha value is -3.41. The van der Waals surface area contributed by atoms with Crippen molar-refractivity contribution in [2.75, 3.05) is 22.1 Å². The van der Waals surface area contributed by atoms with Gasteiger partial charge >= 0.3 is 6.03 Å². The Morgan fingerprint density at radius 3 is 2.53 bits per heavy atom. The second-order valence-corrected chi connectivity index (χ2v) is 11.3. The number of hydrogen-bond acceptors (Lipinski definition) is 7. The van der Waals surface area contributed by atoms with E-state index in [1.165, 1.54) is 36.4 Å². The number of rotatable bonds is 4. The predicted octanol–water partition coefficient (Wildman–Crippen LogP) is 3.61. The van der Waals surface area contributed by atoms with E-state index in [-0.39, 0.29) is 26.6 Å². The Morgan fingerprint density at radius 1 is 1.06 bits per heavy atom. The summed E-state index contributed by atoms with van der Waals surface area (Å²) in [4.78, 5) is 39.2. The Labute approximate surface area is 203 Å². The number of hydrogen-bond donors (Lipinski definition) is 3. The van der Waals surface area contributed by atoms with Gasteiger partial charge in [-0.2, -0.15) is 0 Å². The van der Waals surface area contributed by atoms with E-state index in [1.807, 2.05) is 16.9 Å². The van der Waals surface area contributed by atoms with Crippen molar-refractivity contribution in [2.24, 2.45) is 0 Å². The third kappa shape index (κ3) is 4.13. The first-order valence-corrected chi connectivity index (χ1v) is 12.9. The number of thiophene rings is 1. The highest BCUT2D eigenvalue weighted by atomic mass is 35.5. The number of anilines is 3. The lowest BCUT2D eigenvalue weighted by Gasteiger charge is -2.27. The molecule has 0 atom stereocenters. The SMILES string of the molecule is O=C(Nc1ccc(N2C(=O)Cc3cc4c(cc3C2=O)CCN4)cc1)NS(=O)(=O)c1ccc(Cl)s1. The lowest BCUT2D eigenvalue weighted by Crippen LogP contribution is -2.42. The first kappa shape index (κ1) is 22.4. The van der Waals surface area contributed by atoms with Gasteiger partial charge in [0.25, 0.3) is 15.9 Å². The summed E-state index contributed by atoms with van der Waals surface area (Å²) in [5, 5.41) is 5.67. The van der Waals surface area contributed by atoms with E-state index in [0.29, 0.717) is 16.8 Å². The molecule has 0 fully saturated rings. The average molecular weight is 517 g/mol. The fraction of sp³-hybridized carbons (Fsp3) is 0.136. The van der Waals surface area contributed by atoms with Gasteiger partial charge in [0.2, 0.25) is 5.91 Å². The van der Waals surface area contributed by atoms with Gasteiger partial charge in [0.05, 0.1) is 16.4 Å². The van der Waals surface area contributed by atoms with E-state index >= 15 is 0 Å². The van der Waals surface area contributed by atoms with E-state index in [1.54, 1.807) is 0 Å². The molecule has 0 saturated carbocycles. The molecule has 3 N–H and O–H groups in total.